The maximum absolute atomic E-state index is 12.6. The lowest BCUT2D eigenvalue weighted by Gasteiger charge is -2.26. The summed E-state index contributed by atoms with van der Waals surface area (Å²) >= 11 is 6.72. The Hall–Kier alpha value is -0.735. The Balaban J connectivity index is 1.93. The fourth-order valence-corrected chi connectivity index (χ4v) is 3.93. The monoisotopic (exact) mass is 516 g/mol. The second-order valence-electron chi connectivity index (χ2n) is 7.30. The van der Waals surface area contributed by atoms with Gasteiger partial charge >= 0.3 is 7.12 Å². The number of amides is 1. The molecule has 1 fully saturated rings. The fraction of sp³-hybridized carbons (Fsp3) is 0.579. The molecule has 1 aromatic rings. The Morgan fingerprint density at radius 3 is 2.54 bits per heavy atom. The molecule has 0 aromatic heterocycles. The van der Waals surface area contributed by atoms with Gasteiger partial charge in [-0.25, -0.2) is 0 Å². The van der Waals surface area contributed by atoms with Crippen molar-refractivity contribution < 1.29 is 18.9 Å². The first kappa shape index (κ1) is 23.5. The summed E-state index contributed by atoms with van der Waals surface area (Å²) in [6.07, 6.45) is 1.14. The number of nitrogens with one attached hydrogen (secondary N) is 2. The lowest BCUT2D eigenvalue weighted by molar-refractivity contribution is -0.118. The summed E-state index contributed by atoms with van der Waals surface area (Å²) in [6, 6.07) is 5.35. The largest absolute Gasteiger partial charge is 0.460 e. The Morgan fingerprint density at radius 2 is 1.89 bits per heavy atom. The molecule has 154 valence electrons. The van der Waals surface area contributed by atoms with Crippen LogP contribution in [0.1, 0.15) is 37.0 Å². The van der Waals surface area contributed by atoms with Gasteiger partial charge in [-0.3, -0.25) is 9.59 Å². The average Bonchev–Trinajstić information content (AvgIpc) is 2.60. The number of halogens is 2. The van der Waals surface area contributed by atoms with E-state index in [1.54, 1.807) is 12.1 Å². The van der Waals surface area contributed by atoms with Crippen molar-refractivity contribution in [3.63, 3.8) is 0 Å². The minimum Gasteiger partial charge on any atom is -0.410 e. The zero-order chi connectivity index (χ0) is 20.5. The zero-order valence-corrected chi connectivity index (χ0v) is 19.5. The second kappa shape index (κ2) is 12.1. The highest BCUT2D eigenvalue weighted by Crippen LogP contribution is 2.27. The standard InChI is InChI=1S/C19H27BBr2N2O4/c1-13(2)9-14(20-27-7-5-23-6-8-28-20)10-16(25)12-24-19(26)17-11-15(21)3-4-18(17)22/h3-4,11,13-14,23H,5-10,12H2,1-2H3,(H,24,26)/t14-/m1/s1. The molecule has 0 radical (unpaired) electrons. The third-order valence-corrected chi connectivity index (χ3v) is 5.57. The number of rotatable bonds is 8. The maximum atomic E-state index is 12.6. The predicted octanol–water partition coefficient (Wildman–Crippen LogP) is 3.44. The second-order valence-corrected chi connectivity index (χ2v) is 9.07. The number of carbonyl (C=O) groups is 2. The van der Waals surface area contributed by atoms with Crippen LogP contribution in [-0.2, 0) is 14.1 Å². The molecule has 1 aromatic carbocycles. The molecule has 0 spiro atoms. The zero-order valence-electron chi connectivity index (χ0n) is 16.3. The van der Waals surface area contributed by atoms with E-state index in [0.29, 0.717) is 35.6 Å². The average molecular weight is 518 g/mol. The minimum atomic E-state index is -0.386. The van der Waals surface area contributed by atoms with E-state index >= 15 is 0 Å². The molecule has 2 rings (SSSR count). The molecule has 0 saturated carbocycles. The molecule has 1 heterocycles. The molecule has 1 saturated heterocycles. The van der Waals surface area contributed by atoms with Crippen LogP contribution in [0.3, 0.4) is 0 Å². The molecule has 0 aliphatic carbocycles. The number of ketones is 1. The predicted molar refractivity (Wildman–Crippen MR) is 118 cm³/mol. The summed E-state index contributed by atoms with van der Waals surface area (Å²) in [6.45, 7) is 6.89. The topological polar surface area (TPSA) is 76.7 Å². The van der Waals surface area contributed by atoms with Gasteiger partial charge in [0.25, 0.3) is 5.91 Å². The van der Waals surface area contributed by atoms with Crippen molar-refractivity contribution in [3.8, 4) is 0 Å². The SMILES string of the molecule is CC(C)C[C@H](CC(=O)CNC(=O)c1cc(Br)ccc1Br)B1OCCNCCO1. The van der Waals surface area contributed by atoms with Crippen LogP contribution < -0.4 is 10.6 Å². The van der Waals surface area contributed by atoms with Gasteiger partial charge in [0.2, 0.25) is 0 Å². The van der Waals surface area contributed by atoms with Crippen LogP contribution in [-0.4, -0.2) is 51.7 Å². The van der Waals surface area contributed by atoms with Crippen molar-refractivity contribution in [3.05, 3.63) is 32.7 Å². The first-order valence-electron chi connectivity index (χ1n) is 9.55. The highest BCUT2D eigenvalue weighted by Gasteiger charge is 2.33. The highest BCUT2D eigenvalue weighted by molar-refractivity contribution is 9.11. The van der Waals surface area contributed by atoms with E-state index in [1.165, 1.54) is 0 Å². The Bertz CT molecular complexity index is 667. The fourth-order valence-electron chi connectivity index (χ4n) is 3.15. The van der Waals surface area contributed by atoms with Crippen molar-refractivity contribution in [1.82, 2.24) is 10.6 Å². The van der Waals surface area contributed by atoms with Crippen LogP contribution in [0.25, 0.3) is 0 Å². The van der Waals surface area contributed by atoms with Gasteiger partial charge in [-0.2, -0.15) is 0 Å². The molecule has 1 amide bonds. The summed E-state index contributed by atoms with van der Waals surface area (Å²) in [5, 5.41) is 5.93. The molecular weight excluding hydrogens is 491 g/mol. The molecule has 1 atom stereocenters. The summed E-state index contributed by atoms with van der Waals surface area (Å²) in [5.74, 6) is 0.0739. The smallest absolute Gasteiger partial charge is 0.410 e. The van der Waals surface area contributed by atoms with Gasteiger partial charge in [0.15, 0.2) is 5.78 Å². The number of benzene rings is 1. The molecular formula is C19H27BBr2N2O4. The van der Waals surface area contributed by atoms with Gasteiger partial charge in [0, 0.05) is 47.5 Å². The van der Waals surface area contributed by atoms with Gasteiger partial charge in [-0.1, -0.05) is 29.8 Å². The van der Waals surface area contributed by atoms with E-state index in [0.717, 1.165) is 24.0 Å². The van der Waals surface area contributed by atoms with Gasteiger partial charge in [-0.15, -0.1) is 0 Å². The Kier molecular flexibility index (Phi) is 10.2. The van der Waals surface area contributed by atoms with E-state index in [2.05, 4.69) is 56.3 Å². The molecule has 9 heteroatoms. The summed E-state index contributed by atoms with van der Waals surface area (Å²) < 4.78 is 13.2. The van der Waals surface area contributed by atoms with Crippen molar-refractivity contribution >= 4 is 50.7 Å². The van der Waals surface area contributed by atoms with Gasteiger partial charge in [0.1, 0.15) is 0 Å². The van der Waals surface area contributed by atoms with E-state index in [9.17, 15) is 9.59 Å². The third kappa shape index (κ3) is 7.95. The first-order chi connectivity index (χ1) is 13.4. The molecule has 28 heavy (non-hydrogen) atoms. The van der Waals surface area contributed by atoms with Crippen molar-refractivity contribution in [2.24, 2.45) is 5.92 Å². The van der Waals surface area contributed by atoms with Crippen LogP contribution in [0.4, 0.5) is 0 Å². The minimum absolute atomic E-state index is 0.0132. The molecule has 0 bridgehead atoms. The van der Waals surface area contributed by atoms with E-state index in [-0.39, 0.29) is 31.2 Å². The van der Waals surface area contributed by atoms with Crippen LogP contribution in [0.2, 0.25) is 5.82 Å². The van der Waals surface area contributed by atoms with Crippen LogP contribution in [0.5, 0.6) is 0 Å². The molecule has 1 aliphatic heterocycles. The molecule has 1 aliphatic rings. The molecule has 2 N–H and O–H groups in total. The number of hydrogen-bond donors (Lipinski definition) is 2. The summed E-state index contributed by atoms with van der Waals surface area (Å²) in [4.78, 5) is 25.0. The third-order valence-electron chi connectivity index (χ3n) is 4.39. The normalized spacial score (nSPS) is 16.4. The Morgan fingerprint density at radius 1 is 1.21 bits per heavy atom. The van der Waals surface area contributed by atoms with E-state index < -0.39 is 0 Å². The Labute approximate surface area is 183 Å². The number of carbonyl (C=O) groups excluding carboxylic acids is 2. The summed E-state index contributed by atoms with van der Waals surface area (Å²) in [5.41, 5.74) is 0.486. The number of Topliss-reactive ketones (excluding diaryl/α,β-unsaturated/α-hetero) is 1. The maximum Gasteiger partial charge on any atom is 0.460 e. The van der Waals surface area contributed by atoms with Gasteiger partial charge in [-0.05, 0) is 46.5 Å². The molecule has 6 nitrogen and oxygen atoms in total. The summed E-state index contributed by atoms with van der Waals surface area (Å²) in [7, 11) is -0.386. The van der Waals surface area contributed by atoms with Crippen molar-refractivity contribution in [2.75, 3.05) is 32.8 Å². The van der Waals surface area contributed by atoms with Crippen LogP contribution in [0, 0.1) is 5.92 Å². The van der Waals surface area contributed by atoms with E-state index in [4.69, 9.17) is 9.31 Å². The lowest BCUT2D eigenvalue weighted by Crippen LogP contribution is -2.40. The van der Waals surface area contributed by atoms with Gasteiger partial charge < -0.3 is 19.9 Å². The first-order valence-corrected chi connectivity index (χ1v) is 11.1. The molecule has 0 unspecified atom stereocenters. The highest BCUT2D eigenvalue weighted by atomic mass is 79.9. The van der Waals surface area contributed by atoms with Gasteiger partial charge in [0.05, 0.1) is 12.1 Å². The van der Waals surface area contributed by atoms with Crippen molar-refractivity contribution in [2.45, 2.75) is 32.5 Å². The quantitative estimate of drug-likeness (QED) is 0.517. The van der Waals surface area contributed by atoms with E-state index in [1.807, 2.05) is 6.07 Å². The van der Waals surface area contributed by atoms with Crippen LogP contribution >= 0.6 is 31.9 Å². The van der Waals surface area contributed by atoms with Crippen LogP contribution in [0.15, 0.2) is 27.1 Å². The lowest BCUT2D eigenvalue weighted by atomic mass is 9.65. The van der Waals surface area contributed by atoms with Crippen molar-refractivity contribution in [1.29, 1.82) is 0 Å². The number of hydrogen-bond acceptors (Lipinski definition) is 5.